The van der Waals surface area contributed by atoms with Crippen molar-refractivity contribution in [1.29, 1.82) is 0 Å². The first-order valence-corrected chi connectivity index (χ1v) is 11.4. The van der Waals surface area contributed by atoms with Crippen molar-refractivity contribution in [3.05, 3.63) is 100 Å². The number of benzene rings is 2. The van der Waals surface area contributed by atoms with Crippen LogP contribution in [0.1, 0.15) is 18.2 Å². The summed E-state index contributed by atoms with van der Waals surface area (Å²) >= 11 is 0. The monoisotopic (exact) mass is 560 g/mol. The van der Waals surface area contributed by atoms with Gasteiger partial charge >= 0.3 is 12.8 Å². The molecule has 208 valence electrons. The number of hydrogen-bond acceptors (Lipinski definition) is 7. The van der Waals surface area contributed by atoms with Crippen LogP contribution in [0.3, 0.4) is 0 Å². The number of aliphatic imine (C=N–C) groups is 1. The molecule has 0 spiro atoms. The van der Waals surface area contributed by atoms with Crippen LogP contribution in [0.2, 0.25) is 0 Å². The van der Waals surface area contributed by atoms with Crippen molar-refractivity contribution in [3.63, 3.8) is 0 Å². The van der Waals surface area contributed by atoms with Crippen LogP contribution < -0.4 is 20.6 Å². The number of halogens is 5. The lowest BCUT2D eigenvalue weighted by atomic mass is 10.1. The highest BCUT2D eigenvalue weighted by Crippen LogP contribution is 2.32. The Kier molecular flexibility index (Phi) is 7.98. The second kappa shape index (κ2) is 11.4. The standard InChI is InChI=1S/C26H21F5N6O3/c1-15(32)12-19(34-17-5-3-4-16(13-17)26(29,30)31)24-21(38)9-11-36(35-24)20-7-6-18(14-22(20)39-2)37-23(8-10-33-37)40-25(27)28/h3-14,25H,32H2,1-2H3. The Morgan fingerprint density at radius 1 is 1.12 bits per heavy atom. The maximum Gasteiger partial charge on any atom is 0.416 e. The van der Waals surface area contributed by atoms with Crippen molar-refractivity contribution in [2.24, 2.45) is 10.7 Å². The van der Waals surface area contributed by atoms with Crippen molar-refractivity contribution < 1.29 is 31.4 Å². The van der Waals surface area contributed by atoms with Gasteiger partial charge in [0.25, 0.3) is 0 Å². The Hall–Kier alpha value is -5.01. The molecule has 0 saturated heterocycles. The van der Waals surface area contributed by atoms with Gasteiger partial charge in [-0.2, -0.15) is 32.1 Å². The zero-order valence-corrected chi connectivity index (χ0v) is 20.9. The molecule has 4 rings (SSSR count). The molecule has 0 amide bonds. The van der Waals surface area contributed by atoms with Gasteiger partial charge in [-0.1, -0.05) is 6.07 Å². The summed E-state index contributed by atoms with van der Waals surface area (Å²) in [6.45, 7) is -1.54. The predicted octanol–water partition coefficient (Wildman–Crippen LogP) is 5.03. The van der Waals surface area contributed by atoms with Crippen LogP contribution in [0.25, 0.3) is 11.4 Å². The molecular weight excluding hydrogens is 539 g/mol. The van der Waals surface area contributed by atoms with Gasteiger partial charge in [0, 0.05) is 30.1 Å². The molecule has 2 N–H and O–H groups in total. The smallest absolute Gasteiger partial charge is 0.416 e. The summed E-state index contributed by atoms with van der Waals surface area (Å²) in [6, 6.07) is 11.3. The quantitative estimate of drug-likeness (QED) is 0.239. The molecule has 0 bridgehead atoms. The van der Waals surface area contributed by atoms with E-state index < -0.39 is 23.8 Å². The van der Waals surface area contributed by atoms with Crippen LogP contribution in [-0.2, 0) is 6.18 Å². The third kappa shape index (κ3) is 6.34. The van der Waals surface area contributed by atoms with E-state index in [1.54, 1.807) is 0 Å². The minimum absolute atomic E-state index is 0.0677. The highest BCUT2D eigenvalue weighted by atomic mass is 19.4. The Bertz CT molecular complexity index is 1640. The van der Waals surface area contributed by atoms with Gasteiger partial charge in [-0.3, -0.25) is 4.79 Å². The Labute approximate surface area is 223 Å². The molecule has 0 aliphatic carbocycles. The molecule has 0 radical (unpaired) electrons. The van der Waals surface area contributed by atoms with Crippen LogP contribution in [0.5, 0.6) is 11.6 Å². The molecule has 4 aromatic rings. The summed E-state index contributed by atoms with van der Waals surface area (Å²) in [5, 5.41) is 8.34. The summed E-state index contributed by atoms with van der Waals surface area (Å²) in [5.41, 5.74) is 4.89. The van der Waals surface area contributed by atoms with Crippen LogP contribution in [0, 0.1) is 0 Å². The van der Waals surface area contributed by atoms with Crippen LogP contribution in [0.4, 0.5) is 27.6 Å². The van der Waals surface area contributed by atoms with E-state index in [0.29, 0.717) is 11.4 Å². The zero-order chi connectivity index (χ0) is 29.0. The molecule has 0 unspecified atom stereocenters. The van der Waals surface area contributed by atoms with E-state index in [-0.39, 0.29) is 34.4 Å². The molecular formula is C26H21F5N6O3. The molecule has 9 nitrogen and oxygen atoms in total. The number of hydrogen-bond donors (Lipinski definition) is 1. The maximum atomic E-state index is 13.2. The van der Waals surface area contributed by atoms with Crippen molar-refractivity contribution in [2.45, 2.75) is 19.7 Å². The summed E-state index contributed by atoms with van der Waals surface area (Å²) in [7, 11) is 1.37. The number of rotatable bonds is 8. The lowest BCUT2D eigenvalue weighted by Crippen LogP contribution is -2.21. The highest BCUT2D eigenvalue weighted by molar-refractivity contribution is 6.08. The Morgan fingerprint density at radius 2 is 1.90 bits per heavy atom. The van der Waals surface area contributed by atoms with Crippen LogP contribution >= 0.6 is 0 Å². The molecule has 0 aliphatic heterocycles. The molecule has 0 atom stereocenters. The van der Waals surface area contributed by atoms with E-state index in [0.717, 1.165) is 16.8 Å². The molecule has 2 aromatic heterocycles. The molecule has 0 aliphatic rings. The van der Waals surface area contributed by atoms with E-state index in [4.69, 9.17) is 10.5 Å². The van der Waals surface area contributed by atoms with Gasteiger partial charge < -0.3 is 15.2 Å². The molecule has 2 aromatic carbocycles. The minimum Gasteiger partial charge on any atom is -0.494 e. The molecule has 14 heteroatoms. The number of nitrogens with zero attached hydrogens (tertiary/aromatic N) is 5. The average Bonchev–Trinajstić information content (AvgIpc) is 3.35. The minimum atomic E-state index is -4.59. The van der Waals surface area contributed by atoms with E-state index in [1.807, 2.05) is 0 Å². The second-order valence-corrected chi connectivity index (χ2v) is 8.22. The number of ether oxygens (including phenoxy) is 2. The third-order valence-electron chi connectivity index (χ3n) is 5.31. The van der Waals surface area contributed by atoms with Gasteiger partial charge in [-0.15, -0.1) is 0 Å². The maximum absolute atomic E-state index is 13.2. The summed E-state index contributed by atoms with van der Waals surface area (Å²) < 4.78 is 77.5. The third-order valence-corrected chi connectivity index (χ3v) is 5.31. The number of allylic oxidation sites excluding steroid dienone is 2. The van der Waals surface area contributed by atoms with Crippen LogP contribution in [0.15, 0.2) is 88.6 Å². The fourth-order valence-corrected chi connectivity index (χ4v) is 3.63. The normalized spacial score (nSPS) is 12.6. The van der Waals surface area contributed by atoms with Gasteiger partial charge in [-0.05, 0) is 43.3 Å². The molecule has 40 heavy (non-hydrogen) atoms. The van der Waals surface area contributed by atoms with Gasteiger partial charge in [0.1, 0.15) is 11.4 Å². The van der Waals surface area contributed by atoms with Gasteiger partial charge in [0.2, 0.25) is 11.3 Å². The van der Waals surface area contributed by atoms with Crippen LogP contribution in [-0.4, -0.2) is 39.0 Å². The van der Waals surface area contributed by atoms with Crippen molar-refractivity contribution in [1.82, 2.24) is 19.6 Å². The number of methoxy groups -OCH3 is 1. The van der Waals surface area contributed by atoms with Gasteiger partial charge in [-0.25, -0.2) is 14.4 Å². The number of aromatic nitrogens is 4. The summed E-state index contributed by atoms with van der Waals surface area (Å²) in [6.07, 6.45) is -0.638. The predicted molar refractivity (Wildman–Crippen MR) is 136 cm³/mol. The van der Waals surface area contributed by atoms with E-state index in [1.165, 1.54) is 79.6 Å². The van der Waals surface area contributed by atoms with E-state index in [2.05, 4.69) is 19.9 Å². The lowest BCUT2D eigenvalue weighted by molar-refractivity contribution is -0.137. The topological polar surface area (TPSA) is 110 Å². The molecule has 0 saturated carbocycles. The van der Waals surface area contributed by atoms with E-state index in [9.17, 15) is 26.7 Å². The zero-order valence-electron chi connectivity index (χ0n) is 20.9. The Morgan fingerprint density at radius 3 is 2.58 bits per heavy atom. The first kappa shape index (κ1) is 28.0. The SMILES string of the molecule is COc1cc(-n2nccc2OC(F)F)ccc1-n1ccc(=O)c(C(C=C(C)N)=Nc2cccc(C(F)(F)F)c2)n1. The van der Waals surface area contributed by atoms with E-state index >= 15 is 0 Å². The molecule has 0 fully saturated rings. The van der Waals surface area contributed by atoms with Gasteiger partial charge in [0.05, 0.1) is 36.0 Å². The van der Waals surface area contributed by atoms with Crippen molar-refractivity contribution in [3.8, 4) is 23.0 Å². The summed E-state index contributed by atoms with van der Waals surface area (Å²) in [4.78, 5) is 17.0. The average molecular weight is 560 g/mol. The summed E-state index contributed by atoms with van der Waals surface area (Å²) in [5.74, 6) is 0.0213. The number of alkyl halides is 5. The fourth-order valence-electron chi connectivity index (χ4n) is 3.63. The lowest BCUT2D eigenvalue weighted by Gasteiger charge is -2.14. The highest BCUT2D eigenvalue weighted by Gasteiger charge is 2.30. The van der Waals surface area contributed by atoms with Gasteiger partial charge in [0.15, 0.2) is 5.69 Å². The second-order valence-electron chi connectivity index (χ2n) is 8.22. The first-order chi connectivity index (χ1) is 19.0. The fraction of sp³-hybridized carbons (Fsp3) is 0.154. The van der Waals surface area contributed by atoms with Crippen molar-refractivity contribution in [2.75, 3.05) is 7.11 Å². The Balaban J connectivity index is 1.80. The number of nitrogens with two attached hydrogens (primary N) is 1. The largest absolute Gasteiger partial charge is 0.494 e. The molecule has 2 heterocycles. The van der Waals surface area contributed by atoms with Crippen molar-refractivity contribution >= 4 is 11.4 Å². The first-order valence-electron chi connectivity index (χ1n) is 11.4.